The fourth-order valence-corrected chi connectivity index (χ4v) is 2.65. The SMILES string of the molecule is COCC(=O)N1C[C@H](F)C[C@@H](NCc2ccc(O)c(C#N)c2)C1. The van der Waals surface area contributed by atoms with Crippen LogP contribution in [0.5, 0.6) is 5.75 Å². The fraction of sp³-hybridized carbons (Fsp3) is 0.500. The summed E-state index contributed by atoms with van der Waals surface area (Å²) in [6.07, 6.45) is -0.739. The number of ether oxygens (including phenoxy) is 1. The van der Waals surface area contributed by atoms with Gasteiger partial charge >= 0.3 is 0 Å². The van der Waals surface area contributed by atoms with Crippen molar-refractivity contribution in [2.24, 2.45) is 0 Å². The molecule has 0 aromatic heterocycles. The smallest absolute Gasteiger partial charge is 0.248 e. The van der Waals surface area contributed by atoms with Gasteiger partial charge in [0, 0.05) is 26.2 Å². The molecule has 1 fully saturated rings. The Hall–Kier alpha value is -2.17. The maximum atomic E-state index is 13.8. The number of benzene rings is 1. The minimum atomic E-state index is -1.07. The Morgan fingerprint density at radius 1 is 1.57 bits per heavy atom. The first kappa shape index (κ1) is 17.2. The number of hydrogen-bond donors (Lipinski definition) is 2. The number of likely N-dealkylation sites (tertiary alicyclic amines) is 1. The lowest BCUT2D eigenvalue weighted by Gasteiger charge is -2.35. The van der Waals surface area contributed by atoms with Crippen LogP contribution in [0, 0.1) is 11.3 Å². The number of amides is 1. The summed E-state index contributed by atoms with van der Waals surface area (Å²) in [6, 6.07) is 6.50. The van der Waals surface area contributed by atoms with Crippen LogP contribution in [0.15, 0.2) is 18.2 Å². The second-order valence-electron chi connectivity index (χ2n) is 5.61. The van der Waals surface area contributed by atoms with Crippen LogP contribution in [-0.2, 0) is 16.1 Å². The number of halogens is 1. The van der Waals surface area contributed by atoms with Crippen LogP contribution < -0.4 is 5.32 Å². The first-order valence-electron chi connectivity index (χ1n) is 7.39. The molecule has 6 nitrogen and oxygen atoms in total. The molecule has 1 aromatic carbocycles. The van der Waals surface area contributed by atoms with Crippen molar-refractivity contribution in [3.05, 3.63) is 29.3 Å². The van der Waals surface area contributed by atoms with Crippen LogP contribution in [-0.4, -0.2) is 54.9 Å². The van der Waals surface area contributed by atoms with Crippen molar-refractivity contribution in [3.8, 4) is 11.8 Å². The average Bonchev–Trinajstić information content (AvgIpc) is 2.54. The molecule has 0 aliphatic carbocycles. The Morgan fingerprint density at radius 2 is 2.35 bits per heavy atom. The van der Waals surface area contributed by atoms with Gasteiger partial charge in [-0.1, -0.05) is 6.07 Å². The zero-order valence-electron chi connectivity index (χ0n) is 13.0. The lowest BCUT2D eigenvalue weighted by molar-refractivity contribution is -0.137. The number of aromatic hydroxyl groups is 1. The third-order valence-corrected chi connectivity index (χ3v) is 3.80. The van der Waals surface area contributed by atoms with E-state index in [1.54, 1.807) is 12.1 Å². The minimum Gasteiger partial charge on any atom is -0.507 e. The number of carbonyl (C=O) groups is 1. The van der Waals surface area contributed by atoms with E-state index in [1.165, 1.54) is 18.1 Å². The van der Waals surface area contributed by atoms with Gasteiger partial charge in [-0.25, -0.2) is 4.39 Å². The summed E-state index contributed by atoms with van der Waals surface area (Å²) >= 11 is 0. The van der Waals surface area contributed by atoms with Crippen molar-refractivity contribution in [2.75, 3.05) is 26.8 Å². The van der Waals surface area contributed by atoms with Crippen LogP contribution in [0.1, 0.15) is 17.5 Å². The molecule has 0 unspecified atom stereocenters. The third-order valence-electron chi connectivity index (χ3n) is 3.80. The van der Waals surface area contributed by atoms with E-state index in [1.807, 2.05) is 6.07 Å². The molecule has 1 aromatic rings. The highest BCUT2D eigenvalue weighted by Gasteiger charge is 2.29. The van der Waals surface area contributed by atoms with E-state index in [-0.39, 0.29) is 36.4 Å². The number of nitriles is 1. The van der Waals surface area contributed by atoms with E-state index in [9.17, 15) is 14.3 Å². The predicted octanol–water partition coefficient (Wildman–Crippen LogP) is 0.939. The first-order valence-corrected chi connectivity index (χ1v) is 7.39. The standard InChI is InChI=1S/C16H20FN3O3/c1-23-10-16(22)20-8-13(17)5-14(9-20)19-7-11-2-3-15(21)12(4-11)6-18/h2-4,13-14,19,21H,5,7-10H2,1H3/t13-,14-/m1/s1. The molecular weight excluding hydrogens is 301 g/mol. The van der Waals surface area contributed by atoms with Gasteiger partial charge in [0.2, 0.25) is 5.91 Å². The number of methoxy groups -OCH3 is 1. The van der Waals surface area contributed by atoms with Crippen molar-refractivity contribution >= 4 is 5.91 Å². The Morgan fingerprint density at radius 3 is 3.04 bits per heavy atom. The molecule has 23 heavy (non-hydrogen) atoms. The monoisotopic (exact) mass is 321 g/mol. The highest BCUT2D eigenvalue weighted by atomic mass is 19.1. The van der Waals surface area contributed by atoms with Gasteiger partial charge in [0.15, 0.2) is 0 Å². The molecule has 0 radical (unpaired) electrons. The molecule has 7 heteroatoms. The summed E-state index contributed by atoms with van der Waals surface area (Å²) in [5.41, 5.74) is 1.02. The normalized spacial score (nSPS) is 21.0. The average molecular weight is 321 g/mol. The third kappa shape index (κ3) is 4.65. The van der Waals surface area contributed by atoms with Crippen molar-refractivity contribution in [1.29, 1.82) is 5.26 Å². The summed E-state index contributed by atoms with van der Waals surface area (Å²) in [5.74, 6) is -0.285. The summed E-state index contributed by atoms with van der Waals surface area (Å²) in [4.78, 5) is 13.3. The van der Waals surface area contributed by atoms with Crippen molar-refractivity contribution in [1.82, 2.24) is 10.2 Å². The predicted molar refractivity (Wildman–Crippen MR) is 81.4 cm³/mol. The molecule has 1 heterocycles. The Labute approximate surface area is 134 Å². The molecule has 1 amide bonds. The van der Waals surface area contributed by atoms with Gasteiger partial charge in [-0.15, -0.1) is 0 Å². The maximum Gasteiger partial charge on any atom is 0.248 e. The number of hydrogen-bond acceptors (Lipinski definition) is 5. The number of alkyl halides is 1. The van der Waals surface area contributed by atoms with Crippen LogP contribution >= 0.6 is 0 Å². The molecule has 1 aliphatic heterocycles. The van der Waals surface area contributed by atoms with Gasteiger partial charge in [0.05, 0.1) is 12.1 Å². The Balaban J connectivity index is 1.94. The Bertz CT molecular complexity index is 603. The molecule has 0 bridgehead atoms. The van der Waals surface area contributed by atoms with Crippen LogP contribution in [0.4, 0.5) is 4.39 Å². The van der Waals surface area contributed by atoms with Gasteiger partial charge in [-0.2, -0.15) is 5.26 Å². The van der Waals surface area contributed by atoms with Gasteiger partial charge in [0.1, 0.15) is 24.6 Å². The number of piperidine rings is 1. The molecule has 2 atom stereocenters. The van der Waals surface area contributed by atoms with Crippen LogP contribution in [0.25, 0.3) is 0 Å². The fourth-order valence-electron chi connectivity index (χ4n) is 2.65. The van der Waals surface area contributed by atoms with Gasteiger partial charge < -0.3 is 20.1 Å². The number of rotatable bonds is 5. The van der Waals surface area contributed by atoms with Crippen LogP contribution in [0.2, 0.25) is 0 Å². The van der Waals surface area contributed by atoms with E-state index >= 15 is 0 Å². The zero-order chi connectivity index (χ0) is 16.8. The highest BCUT2D eigenvalue weighted by Crippen LogP contribution is 2.18. The van der Waals surface area contributed by atoms with Crippen LogP contribution in [0.3, 0.4) is 0 Å². The minimum absolute atomic E-state index is 0.0526. The maximum absolute atomic E-state index is 13.8. The Kier molecular flexibility index (Phi) is 5.90. The highest BCUT2D eigenvalue weighted by molar-refractivity contribution is 5.77. The molecule has 2 rings (SSSR count). The van der Waals surface area contributed by atoms with Crippen molar-refractivity contribution in [3.63, 3.8) is 0 Å². The lowest BCUT2D eigenvalue weighted by atomic mass is 10.0. The molecule has 0 spiro atoms. The zero-order valence-corrected chi connectivity index (χ0v) is 13.0. The topological polar surface area (TPSA) is 85.6 Å². The second kappa shape index (κ2) is 7.90. The van der Waals surface area contributed by atoms with Gasteiger partial charge in [-0.3, -0.25) is 4.79 Å². The molecule has 124 valence electrons. The van der Waals surface area contributed by atoms with E-state index < -0.39 is 6.17 Å². The molecule has 0 saturated carbocycles. The number of carbonyl (C=O) groups excluding carboxylic acids is 1. The van der Waals surface area contributed by atoms with E-state index in [2.05, 4.69) is 5.32 Å². The molecule has 1 saturated heterocycles. The summed E-state index contributed by atoms with van der Waals surface area (Å²) in [5, 5.41) is 21.6. The summed E-state index contributed by atoms with van der Waals surface area (Å²) in [7, 11) is 1.43. The number of phenols is 1. The largest absolute Gasteiger partial charge is 0.507 e. The number of nitrogens with zero attached hydrogens (tertiary/aromatic N) is 2. The lowest BCUT2D eigenvalue weighted by Crippen LogP contribution is -2.52. The summed E-state index contributed by atoms with van der Waals surface area (Å²) < 4.78 is 18.6. The quantitative estimate of drug-likeness (QED) is 0.843. The number of phenolic OH excluding ortho intramolecular Hbond substituents is 1. The van der Waals surface area contributed by atoms with Gasteiger partial charge in [-0.05, 0) is 24.1 Å². The molecule has 2 N–H and O–H groups in total. The van der Waals surface area contributed by atoms with E-state index in [0.717, 1.165) is 5.56 Å². The van der Waals surface area contributed by atoms with Crippen molar-refractivity contribution in [2.45, 2.75) is 25.2 Å². The van der Waals surface area contributed by atoms with Crippen molar-refractivity contribution < 1.29 is 19.0 Å². The van der Waals surface area contributed by atoms with E-state index in [0.29, 0.717) is 19.5 Å². The number of nitrogens with one attached hydrogen (secondary N) is 1. The summed E-state index contributed by atoms with van der Waals surface area (Å²) in [6.45, 7) is 0.894. The van der Waals surface area contributed by atoms with E-state index in [4.69, 9.17) is 10.00 Å². The van der Waals surface area contributed by atoms with Gasteiger partial charge in [0.25, 0.3) is 0 Å². The molecule has 1 aliphatic rings. The second-order valence-corrected chi connectivity index (χ2v) is 5.61. The molecular formula is C16H20FN3O3. The first-order chi connectivity index (χ1) is 11.0.